The topological polar surface area (TPSA) is 69.5 Å². The maximum absolute atomic E-state index is 13.5. The molecule has 2 heterocycles. The summed E-state index contributed by atoms with van der Waals surface area (Å²) in [7, 11) is 0. The zero-order chi connectivity index (χ0) is 23.1. The lowest BCUT2D eigenvalue weighted by atomic mass is 9.95. The summed E-state index contributed by atoms with van der Waals surface area (Å²) in [6.45, 7) is 3.13. The molecule has 1 saturated heterocycles. The highest BCUT2D eigenvalue weighted by Crippen LogP contribution is 2.37. The van der Waals surface area contributed by atoms with Crippen LogP contribution < -0.4 is 14.5 Å². The second-order valence-corrected chi connectivity index (χ2v) is 7.48. The molecule has 1 aliphatic rings. The number of amides is 1. The third-order valence-electron chi connectivity index (χ3n) is 5.33. The van der Waals surface area contributed by atoms with Crippen LogP contribution in [0.5, 0.6) is 5.75 Å². The van der Waals surface area contributed by atoms with Gasteiger partial charge in [0.1, 0.15) is 11.6 Å². The molecule has 0 radical (unpaired) electrons. The normalized spacial score (nSPS) is 16.3. The van der Waals surface area contributed by atoms with Crippen molar-refractivity contribution in [3.05, 3.63) is 48.2 Å². The molecular weight excluding hydrogens is 421 g/mol. The van der Waals surface area contributed by atoms with Gasteiger partial charge >= 0.3 is 6.18 Å². The van der Waals surface area contributed by atoms with Gasteiger partial charge in [-0.15, -0.1) is 0 Å². The fourth-order valence-corrected chi connectivity index (χ4v) is 3.88. The molecule has 1 aromatic carbocycles. The van der Waals surface area contributed by atoms with E-state index in [1.54, 1.807) is 24.3 Å². The summed E-state index contributed by atoms with van der Waals surface area (Å²) in [5, 5.41) is 9.03. The summed E-state index contributed by atoms with van der Waals surface area (Å²) in [6, 6.07) is 11.3. The van der Waals surface area contributed by atoms with E-state index >= 15 is 0 Å². The molecule has 32 heavy (non-hydrogen) atoms. The number of piperidine rings is 1. The molecule has 0 spiro atoms. The maximum atomic E-state index is 13.5. The second-order valence-electron chi connectivity index (χ2n) is 7.48. The van der Waals surface area contributed by atoms with Crippen LogP contribution in [0, 0.1) is 17.2 Å². The highest BCUT2D eigenvalue weighted by atomic mass is 19.4. The van der Waals surface area contributed by atoms with Crippen molar-refractivity contribution in [1.29, 1.82) is 5.26 Å². The third-order valence-corrected chi connectivity index (χ3v) is 5.33. The van der Waals surface area contributed by atoms with Gasteiger partial charge in [-0.2, -0.15) is 18.4 Å². The van der Waals surface area contributed by atoms with Crippen LogP contribution in [0.15, 0.2) is 42.6 Å². The molecule has 6 nitrogen and oxygen atoms in total. The number of halogens is 3. The number of aromatic nitrogens is 1. The maximum Gasteiger partial charge on any atom is 0.419 e. The van der Waals surface area contributed by atoms with E-state index in [1.165, 1.54) is 22.1 Å². The third kappa shape index (κ3) is 5.49. The van der Waals surface area contributed by atoms with Crippen LogP contribution in [0.4, 0.5) is 24.7 Å². The van der Waals surface area contributed by atoms with Gasteiger partial charge in [0.25, 0.3) is 0 Å². The van der Waals surface area contributed by atoms with Crippen LogP contribution in [0.2, 0.25) is 0 Å². The molecule has 1 fully saturated rings. The Morgan fingerprint density at radius 1 is 1.31 bits per heavy atom. The van der Waals surface area contributed by atoms with Crippen LogP contribution >= 0.6 is 0 Å². The minimum absolute atomic E-state index is 0.138. The molecule has 9 heteroatoms. The molecule has 3 rings (SSSR count). The number of alkyl halides is 3. The van der Waals surface area contributed by atoms with E-state index in [2.05, 4.69) is 11.1 Å². The largest absolute Gasteiger partial charge is 0.494 e. The molecule has 0 N–H and O–H groups in total. The number of ether oxygens (including phenoxy) is 1. The number of anilines is 2. The number of carbonyl (C=O) groups is 1. The standard InChI is InChI=1S/C23H25F3N4O2/c1-2-32-19-10-8-18(9-11-19)30(15-5-12-27)22(31)17-6-4-14-29(16-17)21-20(23(24,25)26)7-3-13-28-21/h3,7-11,13,17H,2,4-6,14-16H2,1H3. The van der Waals surface area contributed by atoms with E-state index in [4.69, 9.17) is 10.00 Å². The lowest BCUT2D eigenvalue weighted by Gasteiger charge is -2.36. The lowest BCUT2D eigenvalue weighted by Crippen LogP contribution is -2.46. The van der Waals surface area contributed by atoms with Crippen molar-refractivity contribution in [2.75, 3.05) is 36.0 Å². The van der Waals surface area contributed by atoms with Crippen LogP contribution in [-0.4, -0.2) is 37.1 Å². The Labute approximate surface area is 185 Å². The Kier molecular flexibility index (Phi) is 7.57. The summed E-state index contributed by atoms with van der Waals surface area (Å²) >= 11 is 0. The SMILES string of the molecule is CCOc1ccc(N(CCC#N)C(=O)C2CCCN(c3ncccc3C(F)(F)F)C2)cc1. The van der Waals surface area contributed by atoms with Gasteiger partial charge in [0, 0.05) is 31.5 Å². The first-order chi connectivity index (χ1) is 15.3. The van der Waals surface area contributed by atoms with Crippen molar-refractivity contribution >= 4 is 17.4 Å². The summed E-state index contributed by atoms with van der Waals surface area (Å²) in [4.78, 5) is 20.4. The highest BCUT2D eigenvalue weighted by molar-refractivity contribution is 5.95. The molecular formula is C23H25F3N4O2. The van der Waals surface area contributed by atoms with Gasteiger partial charge in [-0.3, -0.25) is 4.79 Å². The number of hydrogen-bond acceptors (Lipinski definition) is 5. The van der Waals surface area contributed by atoms with E-state index in [-0.39, 0.29) is 31.2 Å². The van der Waals surface area contributed by atoms with E-state index in [1.807, 2.05) is 6.92 Å². The van der Waals surface area contributed by atoms with Crippen molar-refractivity contribution in [3.63, 3.8) is 0 Å². The molecule has 1 atom stereocenters. The van der Waals surface area contributed by atoms with Gasteiger partial charge < -0.3 is 14.5 Å². The van der Waals surface area contributed by atoms with Crippen LogP contribution in [0.3, 0.4) is 0 Å². The van der Waals surface area contributed by atoms with E-state index in [9.17, 15) is 18.0 Å². The van der Waals surface area contributed by atoms with E-state index in [0.29, 0.717) is 37.4 Å². The first-order valence-corrected chi connectivity index (χ1v) is 10.5. The first kappa shape index (κ1) is 23.4. The van der Waals surface area contributed by atoms with Crippen LogP contribution in [-0.2, 0) is 11.0 Å². The Morgan fingerprint density at radius 2 is 2.06 bits per heavy atom. The minimum Gasteiger partial charge on any atom is -0.494 e. The molecule has 0 saturated carbocycles. The molecule has 1 amide bonds. The predicted molar refractivity (Wildman–Crippen MR) is 114 cm³/mol. The fraction of sp³-hybridized carbons (Fsp3) is 0.435. The van der Waals surface area contributed by atoms with Gasteiger partial charge in [-0.05, 0) is 56.2 Å². The average Bonchev–Trinajstić information content (AvgIpc) is 2.80. The monoisotopic (exact) mass is 446 g/mol. The molecule has 1 aromatic heterocycles. The number of carbonyl (C=O) groups excluding carboxylic acids is 1. The van der Waals surface area contributed by atoms with Crippen molar-refractivity contribution in [3.8, 4) is 11.8 Å². The molecule has 2 aromatic rings. The Hall–Kier alpha value is -3.28. The van der Waals surface area contributed by atoms with Crippen LogP contribution in [0.1, 0.15) is 31.7 Å². The highest BCUT2D eigenvalue weighted by Gasteiger charge is 2.38. The fourth-order valence-electron chi connectivity index (χ4n) is 3.88. The smallest absolute Gasteiger partial charge is 0.419 e. The Bertz CT molecular complexity index is 957. The van der Waals surface area contributed by atoms with Gasteiger partial charge in [0.15, 0.2) is 0 Å². The zero-order valence-electron chi connectivity index (χ0n) is 17.8. The van der Waals surface area contributed by atoms with Crippen LogP contribution in [0.25, 0.3) is 0 Å². The van der Waals surface area contributed by atoms with Crippen molar-refractivity contribution in [1.82, 2.24) is 4.98 Å². The predicted octanol–water partition coefficient (Wildman–Crippen LogP) is 4.66. The van der Waals surface area contributed by atoms with Gasteiger partial charge in [-0.1, -0.05) is 0 Å². The number of pyridine rings is 1. The summed E-state index contributed by atoms with van der Waals surface area (Å²) in [5.74, 6) is -0.194. The number of nitrogens with zero attached hydrogens (tertiary/aromatic N) is 4. The summed E-state index contributed by atoms with van der Waals surface area (Å²) < 4.78 is 45.8. The van der Waals surface area contributed by atoms with Gasteiger partial charge in [0.2, 0.25) is 5.91 Å². The number of nitriles is 1. The van der Waals surface area contributed by atoms with Gasteiger partial charge in [-0.25, -0.2) is 4.98 Å². The quantitative estimate of drug-likeness (QED) is 0.619. The molecule has 0 aliphatic carbocycles. The second kappa shape index (κ2) is 10.4. The molecule has 0 bridgehead atoms. The average molecular weight is 446 g/mol. The Balaban J connectivity index is 1.82. The number of rotatable bonds is 7. The van der Waals surface area contributed by atoms with E-state index < -0.39 is 17.7 Å². The molecule has 1 aliphatic heterocycles. The van der Waals surface area contributed by atoms with E-state index in [0.717, 1.165) is 6.07 Å². The van der Waals surface area contributed by atoms with Crippen molar-refractivity contribution in [2.24, 2.45) is 5.92 Å². The first-order valence-electron chi connectivity index (χ1n) is 10.5. The minimum atomic E-state index is -4.53. The summed E-state index contributed by atoms with van der Waals surface area (Å²) in [5.41, 5.74) is -0.180. The number of hydrogen-bond donors (Lipinski definition) is 0. The molecule has 170 valence electrons. The number of benzene rings is 1. The summed E-state index contributed by atoms with van der Waals surface area (Å²) in [6.07, 6.45) is -1.92. The van der Waals surface area contributed by atoms with Crippen molar-refractivity contribution in [2.45, 2.75) is 32.4 Å². The zero-order valence-corrected chi connectivity index (χ0v) is 17.8. The Morgan fingerprint density at radius 3 is 2.72 bits per heavy atom. The lowest BCUT2D eigenvalue weighted by molar-refractivity contribution is -0.137. The van der Waals surface area contributed by atoms with Crippen molar-refractivity contribution < 1.29 is 22.7 Å². The molecule has 1 unspecified atom stereocenters. The van der Waals surface area contributed by atoms with Gasteiger partial charge in [0.05, 0.1) is 30.6 Å².